The van der Waals surface area contributed by atoms with Gasteiger partial charge in [-0.2, -0.15) is 0 Å². The molecule has 0 heterocycles. The van der Waals surface area contributed by atoms with E-state index in [0.29, 0.717) is 17.4 Å². The van der Waals surface area contributed by atoms with Crippen LogP contribution in [0.3, 0.4) is 0 Å². The maximum Gasteiger partial charge on any atom is 0.361 e. The fourth-order valence-electron chi connectivity index (χ4n) is 13.7. The number of carboxylic acids is 1. The molecular formula is C92H174NO8+. The molecule has 594 valence electrons. The first-order valence-corrected chi connectivity index (χ1v) is 44.8. The summed E-state index contributed by atoms with van der Waals surface area (Å²) < 4.78 is 23.1. The quantitative estimate of drug-likeness (QED) is 0.0211. The van der Waals surface area contributed by atoms with Crippen LogP contribution in [-0.4, -0.2) is 87.4 Å². The van der Waals surface area contributed by atoms with Crippen LogP contribution < -0.4 is 0 Å². The Morgan fingerprint density at radius 1 is 0.297 bits per heavy atom. The summed E-state index contributed by atoms with van der Waals surface area (Å²) in [6, 6.07) is 0. The van der Waals surface area contributed by atoms with Crippen LogP contribution >= 0.6 is 0 Å². The molecule has 0 aromatic rings. The van der Waals surface area contributed by atoms with Crippen LogP contribution in [0.25, 0.3) is 0 Å². The second-order valence-electron chi connectivity index (χ2n) is 31.9. The average Bonchev–Trinajstić information content (AvgIpc) is 1.21. The van der Waals surface area contributed by atoms with Crippen LogP contribution in [0, 0.1) is 0 Å². The Morgan fingerprint density at radius 2 is 0.535 bits per heavy atom. The predicted octanol–water partition coefficient (Wildman–Crippen LogP) is 29.2. The molecule has 0 fully saturated rings. The number of aliphatic carboxylic acids is 1. The van der Waals surface area contributed by atoms with Gasteiger partial charge in [0.15, 0.2) is 6.10 Å². The highest BCUT2D eigenvalue weighted by molar-refractivity contribution is 5.71. The first-order valence-electron chi connectivity index (χ1n) is 44.8. The Morgan fingerprint density at radius 3 is 0.782 bits per heavy atom. The Labute approximate surface area is 629 Å². The summed E-state index contributed by atoms with van der Waals surface area (Å²) >= 11 is 0. The Bertz CT molecular complexity index is 1800. The Balaban J connectivity index is 3.90. The van der Waals surface area contributed by atoms with Crippen molar-refractivity contribution in [1.29, 1.82) is 0 Å². The van der Waals surface area contributed by atoms with E-state index in [9.17, 15) is 19.5 Å². The van der Waals surface area contributed by atoms with Crippen LogP contribution in [0.4, 0.5) is 0 Å². The first kappa shape index (κ1) is 98.2. The van der Waals surface area contributed by atoms with E-state index >= 15 is 0 Å². The molecule has 0 aromatic heterocycles. The van der Waals surface area contributed by atoms with Crippen LogP contribution in [0.5, 0.6) is 0 Å². The minimum absolute atomic E-state index is 0.175. The van der Waals surface area contributed by atoms with E-state index in [1.807, 2.05) is 21.1 Å². The van der Waals surface area contributed by atoms with E-state index in [4.69, 9.17) is 18.9 Å². The number of carbonyl (C=O) groups is 3. The fraction of sp³-hybridized carbons (Fsp3) is 0.880. The van der Waals surface area contributed by atoms with Gasteiger partial charge in [-0.3, -0.25) is 9.59 Å². The second-order valence-corrected chi connectivity index (χ2v) is 31.9. The number of carbonyl (C=O) groups excluding carboxylic acids is 2. The van der Waals surface area contributed by atoms with Crippen molar-refractivity contribution < 1.29 is 42.9 Å². The highest BCUT2D eigenvalue weighted by Crippen LogP contribution is 2.21. The number of rotatable bonds is 85. The van der Waals surface area contributed by atoms with E-state index in [-0.39, 0.29) is 38.2 Å². The summed E-state index contributed by atoms with van der Waals surface area (Å²) in [5.74, 6) is -1.97. The molecule has 0 saturated carbocycles. The molecule has 0 radical (unpaired) electrons. The van der Waals surface area contributed by atoms with Gasteiger partial charge in [0.1, 0.15) is 13.2 Å². The largest absolute Gasteiger partial charge is 0.477 e. The minimum Gasteiger partial charge on any atom is -0.477 e. The predicted molar refractivity (Wildman–Crippen MR) is 438 cm³/mol. The van der Waals surface area contributed by atoms with Gasteiger partial charge in [-0.15, -0.1) is 0 Å². The number of carboxylic acid groups (broad SMARTS) is 1. The molecule has 2 unspecified atom stereocenters. The molecule has 0 aliphatic heterocycles. The Hall–Kier alpha value is -2.75. The van der Waals surface area contributed by atoms with Crippen LogP contribution in [0.1, 0.15) is 463 Å². The minimum atomic E-state index is -1.51. The van der Waals surface area contributed by atoms with Crippen LogP contribution in [-0.2, 0) is 33.3 Å². The van der Waals surface area contributed by atoms with Gasteiger partial charge in [0.2, 0.25) is 0 Å². The molecule has 2 atom stereocenters. The molecule has 0 aliphatic rings. The van der Waals surface area contributed by atoms with Crippen molar-refractivity contribution in [2.45, 2.75) is 476 Å². The molecule has 0 aliphatic carbocycles. The fourth-order valence-corrected chi connectivity index (χ4v) is 13.7. The SMILES string of the molecule is CCCCCCC/C=C\C/C=C\CCCCCCCCCCCCCCCCCCCCCCCCCCCCCC(=O)OC(COC(=O)CCCCCCCCCCCCCCCCCCCCCCCCCCC/C=C\C/C=C\CCCCCCC)COC(OCC[N+](C)(C)C)C(=O)O. The summed E-state index contributed by atoms with van der Waals surface area (Å²) in [5, 5.41) is 9.79. The average molecular weight is 1420 g/mol. The molecular weight excluding hydrogens is 1250 g/mol. The normalized spacial score (nSPS) is 12.8. The lowest BCUT2D eigenvalue weighted by Gasteiger charge is -2.25. The van der Waals surface area contributed by atoms with E-state index in [1.165, 1.54) is 385 Å². The molecule has 101 heavy (non-hydrogen) atoms. The molecule has 1 N–H and O–H groups in total. The number of esters is 2. The van der Waals surface area contributed by atoms with Gasteiger partial charge < -0.3 is 28.5 Å². The van der Waals surface area contributed by atoms with Gasteiger partial charge in [0.25, 0.3) is 6.29 Å². The number of hydrogen-bond acceptors (Lipinski definition) is 7. The van der Waals surface area contributed by atoms with Crippen molar-refractivity contribution in [3.63, 3.8) is 0 Å². The summed E-state index contributed by atoms with van der Waals surface area (Å²) in [6.07, 6.45) is 107. The van der Waals surface area contributed by atoms with E-state index < -0.39 is 18.4 Å². The zero-order chi connectivity index (χ0) is 73.2. The smallest absolute Gasteiger partial charge is 0.361 e. The van der Waals surface area contributed by atoms with Gasteiger partial charge in [-0.25, -0.2) is 4.79 Å². The van der Waals surface area contributed by atoms with Crippen molar-refractivity contribution >= 4 is 17.9 Å². The van der Waals surface area contributed by atoms with Crippen molar-refractivity contribution in [3.8, 4) is 0 Å². The molecule has 9 nitrogen and oxygen atoms in total. The van der Waals surface area contributed by atoms with Crippen molar-refractivity contribution in [3.05, 3.63) is 48.6 Å². The maximum absolute atomic E-state index is 13.0. The first-order chi connectivity index (χ1) is 49.6. The Kier molecular flexibility index (Phi) is 80.6. The number of allylic oxidation sites excluding steroid dienone is 8. The van der Waals surface area contributed by atoms with Crippen LogP contribution in [0.2, 0.25) is 0 Å². The lowest BCUT2D eigenvalue weighted by Crippen LogP contribution is -2.40. The lowest BCUT2D eigenvalue weighted by atomic mass is 10.0. The molecule has 0 saturated heterocycles. The van der Waals surface area contributed by atoms with E-state index in [0.717, 1.165) is 51.4 Å². The van der Waals surface area contributed by atoms with Gasteiger partial charge in [-0.05, 0) is 77.0 Å². The number of ether oxygens (including phenoxy) is 4. The number of hydrogen-bond donors (Lipinski definition) is 1. The summed E-state index contributed by atoms with van der Waals surface area (Å²) in [7, 11) is 6.01. The molecule has 9 heteroatoms. The third-order valence-corrected chi connectivity index (χ3v) is 20.6. The number of nitrogens with zero attached hydrogens (tertiary/aromatic N) is 1. The zero-order valence-electron chi connectivity index (χ0n) is 68.4. The van der Waals surface area contributed by atoms with Gasteiger partial charge in [0, 0.05) is 12.8 Å². The monoisotopic (exact) mass is 1420 g/mol. The highest BCUT2D eigenvalue weighted by Gasteiger charge is 2.25. The number of quaternary nitrogens is 1. The second kappa shape index (κ2) is 82.9. The standard InChI is InChI=1S/C92H173NO8/c1-6-8-10-12-14-16-18-20-22-24-26-28-30-32-34-36-38-40-42-44-45-47-49-51-53-55-57-59-61-63-65-67-69-71-73-75-77-79-81-83-90(95)101-88(87-100-92(91(96)97)98-85-84-93(3,4)5)86-99-89(94)82-80-78-76-74-72-70-68-66-64-62-60-58-56-54-52-50-48-46-43-41-39-37-35-33-31-29-27-25-23-21-19-17-15-13-11-9-7-2/h18-21,24-27,88,92H,6-17,22-23,28-87H2,1-5H3/p+1/b20-18-,21-19-,26-24-,27-25-. The molecule has 0 spiro atoms. The topological polar surface area (TPSA) is 108 Å². The van der Waals surface area contributed by atoms with Gasteiger partial charge >= 0.3 is 17.9 Å². The third-order valence-electron chi connectivity index (χ3n) is 20.6. The summed E-state index contributed by atoms with van der Waals surface area (Å²) in [6.45, 7) is 4.94. The zero-order valence-corrected chi connectivity index (χ0v) is 68.4. The third kappa shape index (κ3) is 84.4. The van der Waals surface area contributed by atoms with Gasteiger partial charge in [-0.1, -0.05) is 422 Å². The van der Waals surface area contributed by atoms with Crippen molar-refractivity contribution in [2.75, 3.05) is 47.5 Å². The highest BCUT2D eigenvalue weighted by atomic mass is 16.7. The molecule has 0 aromatic carbocycles. The molecule has 0 bridgehead atoms. The number of likely N-dealkylation sites (N-methyl/N-ethyl adjacent to an activating group) is 1. The summed E-state index contributed by atoms with van der Waals surface area (Å²) in [5.41, 5.74) is 0. The molecule has 0 rings (SSSR count). The van der Waals surface area contributed by atoms with E-state index in [2.05, 4.69) is 62.5 Å². The summed E-state index contributed by atoms with van der Waals surface area (Å²) in [4.78, 5) is 37.8. The van der Waals surface area contributed by atoms with Gasteiger partial charge in [0.05, 0.1) is 34.4 Å². The number of unbranched alkanes of at least 4 members (excludes halogenated alkanes) is 62. The molecule has 0 amide bonds. The van der Waals surface area contributed by atoms with E-state index in [1.54, 1.807) is 0 Å². The van der Waals surface area contributed by atoms with Crippen molar-refractivity contribution in [2.24, 2.45) is 0 Å². The maximum atomic E-state index is 13.0. The van der Waals surface area contributed by atoms with Crippen molar-refractivity contribution in [1.82, 2.24) is 0 Å². The van der Waals surface area contributed by atoms with Crippen LogP contribution in [0.15, 0.2) is 48.6 Å². The lowest BCUT2D eigenvalue weighted by molar-refractivity contribution is -0.870.